The van der Waals surface area contributed by atoms with Crippen LogP contribution in [-0.4, -0.2) is 11.7 Å². The Bertz CT molecular complexity index is 949. The van der Waals surface area contributed by atoms with Crippen LogP contribution in [0.15, 0.2) is 47.1 Å². The normalized spacial score (nSPS) is 26.8. The van der Waals surface area contributed by atoms with Crippen LogP contribution in [0.5, 0.6) is 0 Å². The van der Waals surface area contributed by atoms with Crippen molar-refractivity contribution in [3.8, 4) is 6.07 Å². The topological polar surface area (TPSA) is 105 Å². The SMILES string of the molecule is CC1(C)CC(=O)C2=C(C1)OC(N)=C(C#N)C21C(=O)Nc2ccccc21. The molecule has 0 aromatic heterocycles. The summed E-state index contributed by atoms with van der Waals surface area (Å²) in [6.07, 6.45) is 0.760. The number of carbonyl (C=O) groups is 2. The monoisotopic (exact) mass is 335 g/mol. The highest BCUT2D eigenvalue weighted by Gasteiger charge is 2.60. The smallest absolute Gasteiger partial charge is 0.245 e. The third-order valence-electron chi connectivity index (χ3n) is 5.10. The number of ether oxygens (including phenoxy) is 1. The van der Waals surface area contributed by atoms with Gasteiger partial charge in [0.2, 0.25) is 11.8 Å². The molecule has 6 heteroatoms. The molecule has 25 heavy (non-hydrogen) atoms. The molecule has 1 aliphatic carbocycles. The molecular weight excluding hydrogens is 318 g/mol. The highest BCUT2D eigenvalue weighted by Crippen LogP contribution is 2.55. The van der Waals surface area contributed by atoms with E-state index in [2.05, 4.69) is 5.32 Å². The van der Waals surface area contributed by atoms with Crippen LogP contribution in [0.3, 0.4) is 0 Å². The van der Waals surface area contributed by atoms with Crippen LogP contribution >= 0.6 is 0 Å². The highest BCUT2D eigenvalue weighted by atomic mass is 16.5. The van der Waals surface area contributed by atoms with E-state index in [0.717, 1.165) is 0 Å². The first-order valence-electron chi connectivity index (χ1n) is 8.07. The van der Waals surface area contributed by atoms with E-state index in [1.165, 1.54) is 0 Å². The third kappa shape index (κ3) is 1.84. The van der Waals surface area contributed by atoms with Gasteiger partial charge in [-0.15, -0.1) is 0 Å². The number of anilines is 1. The van der Waals surface area contributed by atoms with Gasteiger partial charge in [-0.2, -0.15) is 5.26 Å². The van der Waals surface area contributed by atoms with Gasteiger partial charge in [-0.25, -0.2) is 0 Å². The van der Waals surface area contributed by atoms with E-state index in [1.54, 1.807) is 24.3 Å². The van der Waals surface area contributed by atoms with E-state index in [-0.39, 0.29) is 34.6 Å². The molecule has 6 nitrogen and oxygen atoms in total. The first-order valence-corrected chi connectivity index (χ1v) is 8.07. The Balaban J connectivity index is 2.09. The molecule has 0 bridgehead atoms. The molecule has 1 aromatic rings. The van der Waals surface area contributed by atoms with Crippen molar-refractivity contribution in [1.29, 1.82) is 5.26 Å². The molecule has 2 aliphatic heterocycles. The molecule has 3 N–H and O–H groups in total. The lowest BCUT2D eigenvalue weighted by atomic mass is 9.62. The predicted octanol–water partition coefficient (Wildman–Crippen LogP) is 2.24. The number of allylic oxidation sites excluding steroid dienone is 1. The number of nitriles is 1. The van der Waals surface area contributed by atoms with Gasteiger partial charge in [0.1, 0.15) is 22.8 Å². The van der Waals surface area contributed by atoms with Crippen molar-refractivity contribution >= 4 is 17.4 Å². The van der Waals surface area contributed by atoms with Crippen LogP contribution in [0.2, 0.25) is 0 Å². The van der Waals surface area contributed by atoms with Crippen LogP contribution in [0.25, 0.3) is 0 Å². The molecule has 126 valence electrons. The van der Waals surface area contributed by atoms with E-state index in [0.29, 0.717) is 23.4 Å². The lowest BCUT2D eigenvalue weighted by Crippen LogP contribution is -2.48. The second kappa shape index (κ2) is 4.73. The zero-order valence-electron chi connectivity index (χ0n) is 14.0. The lowest BCUT2D eigenvalue weighted by Gasteiger charge is -2.41. The Morgan fingerprint density at radius 2 is 1.96 bits per heavy atom. The fourth-order valence-corrected chi connectivity index (χ4v) is 4.16. The Hall–Kier alpha value is -3.07. The van der Waals surface area contributed by atoms with E-state index >= 15 is 0 Å². The van der Waals surface area contributed by atoms with Crippen molar-refractivity contribution in [1.82, 2.24) is 0 Å². The van der Waals surface area contributed by atoms with Gasteiger partial charge in [0.05, 0.1) is 5.57 Å². The van der Waals surface area contributed by atoms with E-state index in [1.807, 2.05) is 19.9 Å². The van der Waals surface area contributed by atoms with Gasteiger partial charge < -0.3 is 15.8 Å². The summed E-state index contributed by atoms with van der Waals surface area (Å²) >= 11 is 0. The van der Waals surface area contributed by atoms with Gasteiger partial charge in [-0.3, -0.25) is 9.59 Å². The minimum absolute atomic E-state index is 0.0262. The first-order chi connectivity index (χ1) is 11.8. The van der Waals surface area contributed by atoms with Crippen LogP contribution in [0.1, 0.15) is 32.3 Å². The molecule has 1 aromatic carbocycles. The number of nitrogens with one attached hydrogen (secondary N) is 1. The average molecular weight is 335 g/mol. The predicted molar refractivity (Wildman–Crippen MR) is 89.7 cm³/mol. The Kier molecular flexibility index (Phi) is 2.92. The molecule has 1 unspecified atom stereocenters. The second-order valence-electron chi connectivity index (χ2n) is 7.44. The molecule has 2 heterocycles. The molecule has 0 saturated carbocycles. The third-order valence-corrected chi connectivity index (χ3v) is 5.10. The maximum atomic E-state index is 13.1. The van der Waals surface area contributed by atoms with Crippen molar-refractivity contribution < 1.29 is 14.3 Å². The number of hydrogen-bond acceptors (Lipinski definition) is 5. The van der Waals surface area contributed by atoms with E-state index < -0.39 is 11.3 Å². The van der Waals surface area contributed by atoms with E-state index in [9.17, 15) is 14.9 Å². The maximum absolute atomic E-state index is 13.1. The van der Waals surface area contributed by atoms with Gasteiger partial charge in [0.25, 0.3) is 0 Å². The number of carbonyl (C=O) groups excluding carboxylic acids is 2. The number of hydrogen-bond donors (Lipinski definition) is 2. The summed E-state index contributed by atoms with van der Waals surface area (Å²) in [7, 11) is 0. The molecule has 0 fully saturated rings. The van der Waals surface area contributed by atoms with Crippen LogP contribution in [0.4, 0.5) is 5.69 Å². The number of ketones is 1. The number of Topliss-reactive ketones (excluding diaryl/α,β-unsaturated/α-hetero) is 1. The summed E-state index contributed by atoms with van der Waals surface area (Å²) in [5.41, 5.74) is 5.58. The fraction of sp³-hybridized carbons (Fsp3) is 0.316. The molecule has 0 saturated heterocycles. The standard InChI is InChI=1S/C19H17N3O3/c1-18(2)7-13(23)15-14(8-18)25-16(21)11(9-20)19(15)10-5-3-4-6-12(10)22-17(19)24/h3-6H,7-8,21H2,1-2H3,(H,22,24). The summed E-state index contributed by atoms with van der Waals surface area (Å²) in [6.45, 7) is 3.93. The first kappa shape index (κ1) is 15.5. The molecule has 3 aliphatic rings. The number of rotatable bonds is 0. The van der Waals surface area contributed by atoms with Crippen LogP contribution < -0.4 is 11.1 Å². The molecule has 1 amide bonds. The highest BCUT2D eigenvalue weighted by molar-refractivity contribution is 6.19. The Labute approximate surface area is 144 Å². The quantitative estimate of drug-likeness (QED) is 0.756. The van der Waals surface area contributed by atoms with E-state index in [4.69, 9.17) is 10.5 Å². The van der Waals surface area contributed by atoms with Crippen molar-refractivity contribution in [3.05, 3.63) is 52.6 Å². The zero-order chi connectivity index (χ0) is 18.0. The second-order valence-corrected chi connectivity index (χ2v) is 7.44. The lowest BCUT2D eigenvalue weighted by molar-refractivity contribution is -0.124. The molecular formula is C19H17N3O3. The van der Waals surface area contributed by atoms with Crippen LogP contribution in [0, 0.1) is 16.7 Å². The molecule has 4 rings (SSSR count). The number of fused-ring (bicyclic) bond motifs is 3. The van der Waals surface area contributed by atoms with Crippen molar-refractivity contribution in [2.75, 3.05) is 5.32 Å². The molecule has 1 spiro atoms. The van der Waals surface area contributed by atoms with Gasteiger partial charge in [0, 0.05) is 24.1 Å². The van der Waals surface area contributed by atoms with Crippen LogP contribution in [-0.2, 0) is 19.7 Å². The number of nitrogens with two attached hydrogens (primary N) is 1. The van der Waals surface area contributed by atoms with Gasteiger partial charge in [-0.05, 0) is 11.5 Å². The summed E-state index contributed by atoms with van der Waals surface area (Å²) in [4.78, 5) is 26.1. The largest absolute Gasteiger partial charge is 0.444 e. The minimum Gasteiger partial charge on any atom is -0.444 e. The molecule has 0 radical (unpaired) electrons. The summed E-state index contributed by atoms with van der Waals surface area (Å²) < 4.78 is 5.66. The number of nitrogens with zero attached hydrogens (tertiary/aromatic N) is 1. The average Bonchev–Trinajstić information content (AvgIpc) is 2.79. The maximum Gasteiger partial charge on any atom is 0.245 e. The number of para-hydroxylation sites is 1. The zero-order valence-corrected chi connectivity index (χ0v) is 14.0. The molecule has 1 atom stereocenters. The van der Waals surface area contributed by atoms with Crippen molar-refractivity contribution in [2.45, 2.75) is 32.1 Å². The van der Waals surface area contributed by atoms with Crippen molar-refractivity contribution in [3.63, 3.8) is 0 Å². The Morgan fingerprint density at radius 3 is 2.68 bits per heavy atom. The summed E-state index contributed by atoms with van der Waals surface area (Å²) in [5.74, 6) is -0.335. The van der Waals surface area contributed by atoms with Gasteiger partial charge in [-0.1, -0.05) is 32.0 Å². The fourth-order valence-electron chi connectivity index (χ4n) is 4.16. The van der Waals surface area contributed by atoms with Gasteiger partial charge >= 0.3 is 0 Å². The Morgan fingerprint density at radius 1 is 1.24 bits per heavy atom. The minimum atomic E-state index is -1.52. The van der Waals surface area contributed by atoms with Crippen molar-refractivity contribution in [2.24, 2.45) is 11.1 Å². The summed E-state index contributed by atoms with van der Waals surface area (Å²) in [5, 5.41) is 12.5. The number of benzene rings is 1. The summed E-state index contributed by atoms with van der Waals surface area (Å²) in [6, 6.07) is 9.08. The van der Waals surface area contributed by atoms with Gasteiger partial charge in [0.15, 0.2) is 5.78 Å². The number of amides is 1.